The molecule has 1 aromatic rings. The van der Waals surface area contributed by atoms with Gasteiger partial charge < -0.3 is 4.90 Å². The van der Waals surface area contributed by atoms with E-state index in [4.69, 9.17) is 0 Å². The Morgan fingerprint density at radius 2 is 1.83 bits per heavy atom. The summed E-state index contributed by atoms with van der Waals surface area (Å²) in [5.74, 6) is 0. The van der Waals surface area contributed by atoms with Crippen LogP contribution in [-0.2, 0) is 7.05 Å². The SMILES string of the molecule is CN(C)/C=C/c1cc[n+](C)cc1. The van der Waals surface area contributed by atoms with Crippen LogP contribution in [0.1, 0.15) is 5.56 Å². The fourth-order valence-corrected chi connectivity index (χ4v) is 0.859. The van der Waals surface area contributed by atoms with Gasteiger partial charge in [-0.1, -0.05) is 0 Å². The van der Waals surface area contributed by atoms with Crippen molar-refractivity contribution in [3.63, 3.8) is 0 Å². The Morgan fingerprint density at radius 3 is 2.33 bits per heavy atom. The van der Waals surface area contributed by atoms with Crippen LogP contribution in [-0.4, -0.2) is 19.0 Å². The zero-order valence-corrected chi connectivity index (χ0v) is 7.86. The number of pyridine rings is 1. The fourth-order valence-electron chi connectivity index (χ4n) is 0.859. The molecule has 12 heavy (non-hydrogen) atoms. The predicted molar refractivity (Wildman–Crippen MR) is 50.3 cm³/mol. The lowest BCUT2D eigenvalue weighted by Gasteiger charge is -2.02. The molecule has 0 aliphatic rings. The van der Waals surface area contributed by atoms with Gasteiger partial charge >= 0.3 is 0 Å². The highest BCUT2D eigenvalue weighted by Crippen LogP contribution is 1.97. The number of hydrogen-bond donors (Lipinski definition) is 0. The Hall–Kier alpha value is -1.31. The molecule has 1 rings (SSSR count). The van der Waals surface area contributed by atoms with E-state index in [2.05, 4.69) is 18.2 Å². The number of aryl methyl sites for hydroxylation is 1. The van der Waals surface area contributed by atoms with E-state index in [1.165, 1.54) is 5.56 Å². The largest absolute Gasteiger partial charge is 0.383 e. The van der Waals surface area contributed by atoms with Crippen LogP contribution in [0.25, 0.3) is 6.08 Å². The molecule has 2 nitrogen and oxygen atoms in total. The van der Waals surface area contributed by atoms with Crippen molar-refractivity contribution in [3.05, 3.63) is 36.3 Å². The van der Waals surface area contributed by atoms with Gasteiger partial charge in [-0.25, -0.2) is 4.57 Å². The van der Waals surface area contributed by atoms with Crippen molar-refractivity contribution in [3.8, 4) is 0 Å². The topological polar surface area (TPSA) is 7.12 Å². The normalized spacial score (nSPS) is 10.6. The second-order valence-corrected chi connectivity index (χ2v) is 3.08. The molecule has 0 unspecified atom stereocenters. The lowest BCUT2D eigenvalue weighted by atomic mass is 10.2. The van der Waals surface area contributed by atoms with Gasteiger partial charge in [-0.3, -0.25) is 0 Å². The predicted octanol–water partition coefficient (Wildman–Crippen LogP) is 1.04. The van der Waals surface area contributed by atoms with Gasteiger partial charge in [0.15, 0.2) is 12.4 Å². The summed E-state index contributed by atoms with van der Waals surface area (Å²) in [6.45, 7) is 0. The van der Waals surface area contributed by atoms with Gasteiger partial charge in [-0.05, 0) is 17.8 Å². The second-order valence-electron chi connectivity index (χ2n) is 3.08. The van der Waals surface area contributed by atoms with Crippen molar-refractivity contribution in [2.45, 2.75) is 0 Å². The molecule has 0 saturated heterocycles. The molecule has 0 fully saturated rings. The molecule has 64 valence electrons. The van der Waals surface area contributed by atoms with Crippen LogP contribution in [0.15, 0.2) is 30.7 Å². The van der Waals surface area contributed by atoms with Gasteiger partial charge in [0, 0.05) is 26.2 Å². The highest BCUT2D eigenvalue weighted by Gasteiger charge is 1.90. The standard InChI is InChI=1S/C10H15N2/c1-11(2)7-4-10-5-8-12(3)9-6-10/h4-9H,1-3H3/q+1. The Labute approximate surface area is 73.8 Å². The molecule has 0 atom stereocenters. The van der Waals surface area contributed by atoms with Crippen molar-refractivity contribution < 1.29 is 4.57 Å². The first-order valence-electron chi connectivity index (χ1n) is 3.98. The highest BCUT2D eigenvalue weighted by atomic mass is 15.0. The number of hydrogen-bond acceptors (Lipinski definition) is 1. The zero-order chi connectivity index (χ0) is 8.97. The van der Waals surface area contributed by atoms with Crippen LogP contribution in [0.4, 0.5) is 0 Å². The summed E-state index contributed by atoms with van der Waals surface area (Å²) in [6.07, 6.45) is 8.19. The van der Waals surface area contributed by atoms with Crippen molar-refractivity contribution in [2.75, 3.05) is 14.1 Å². The molecule has 1 aromatic heterocycles. The Morgan fingerprint density at radius 1 is 1.25 bits per heavy atom. The minimum absolute atomic E-state index is 1.22. The quantitative estimate of drug-likeness (QED) is 0.591. The molecule has 0 spiro atoms. The summed E-state index contributed by atoms with van der Waals surface area (Å²) >= 11 is 0. The second kappa shape index (κ2) is 3.90. The first-order valence-corrected chi connectivity index (χ1v) is 3.98. The molecule has 1 heterocycles. The molecule has 0 N–H and O–H groups in total. The maximum Gasteiger partial charge on any atom is 0.169 e. The van der Waals surface area contributed by atoms with Crippen LogP contribution in [0.5, 0.6) is 0 Å². The Bertz CT molecular complexity index is 260. The summed E-state index contributed by atoms with van der Waals surface area (Å²) in [4.78, 5) is 2.02. The van der Waals surface area contributed by atoms with Crippen LogP contribution in [0.2, 0.25) is 0 Å². The van der Waals surface area contributed by atoms with Gasteiger partial charge in [0.1, 0.15) is 7.05 Å². The van der Waals surface area contributed by atoms with Crippen LogP contribution in [0.3, 0.4) is 0 Å². The third-order valence-electron chi connectivity index (χ3n) is 1.57. The van der Waals surface area contributed by atoms with Gasteiger partial charge in [0.25, 0.3) is 0 Å². The number of rotatable bonds is 2. The summed E-state index contributed by atoms with van der Waals surface area (Å²) in [5, 5.41) is 0. The molecule has 0 amide bonds. The maximum absolute atomic E-state index is 2.08. The minimum Gasteiger partial charge on any atom is -0.383 e. The molecule has 0 bridgehead atoms. The van der Waals surface area contributed by atoms with E-state index in [9.17, 15) is 0 Å². The number of nitrogens with zero attached hydrogens (tertiary/aromatic N) is 2. The number of aromatic nitrogens is 1. The van der Waals surface area contributed by atoms with Crippen LogP contribution < -0.4 is 4.57 Å². The molecular formula is C10H15N2+. The summed E-state index contributed by atoms with van der Waals surface area (Å²) < 4.78 is 2.02. The smallest absolute Gasteiger partial charge is 0.169 e. The van der Waals surface area contributed by atoms with E-state index in [1.54, 1.807) is 0 Å². The van der Waals surface area contributed by atoms with Crippen molar-refractivity contribution in [2.24, 2.45) is 7.05 Å². The van der Waals surface area contributed by atoms with Gasteiger partial charge in [-0.2, -0.15) is 0 Å². The summed E-state index contributed by atoms with van der Waals surface area (Å²) in [5.41, 5.74) is 1.22. The van der Waals surface area contributed by atoms with E-state index in [-0.39, 0.29) is 0 Å². The maximum atomic E-state index is 2.08. The summed E-state index contributed by atoms with van der Waals surface area (Å²) in [7, 11) is 6.04. The van der Waals surface area contributed by atoms with E-state index >= 15 is 0 Å². The third kappa shape index (κ3) is 2.74. The van der Waals surface area contributed by atoms with Crippen molar-refractivity contribution in [1.82, 2.24) is 4.90 Å². The van der Waals surface area contributed by atoms with Gasteiger partial charge in [0.2, 0.25) is 0 Å². The van der Waals surface area contributed by atoms with E-state index in [1.807, 2.05) is 49.2 Å². The van der Waals surface area contributed by atoms with E-state index in [0.717, 1.165) is 0 Å². The highest BCUT2D eigenvalue weighted by molar-refractivity contribution is 5.46. The molecule has 0 aliphatic heterocycles. The Kier molecular flexibility index (Phi) is 2.86. The lowest BCUT2D eigenvalue weighted by Crippen LogP contribution is -2.25. The van der Waals surface area contributed by atoms with E-state index < -0.39 is 0 Å². The third-order valence-corrected chi connectivity index (χ3v) is 1.57. The van der Waals surface area contributed by atoms with Gasteiger partial charge in [-0.15, -0.1) is 0 Å². The Balaban J connectivity index is 2.71. The van der Waals surface area contributed by atoms with Crippen LogP contribution in [0, 0.1) is 0 Å². The molecule has 0 radical (unpaired) electrons. The molecule has 0 aromatic carbocycles. The van der Waals surface area contributed by atoms with Crippen molar-refractivity contribution in [1.29, 1.82) is 0 Å². The monoisotopic (exact) mass is 163 g/mol. The first kappa shape index (κ1) is 8.78. The first-order chi connectivity index (χ1) is 5.68. The average Bonchev–Trinajstić information content (AvgIpc) is 2.03. The van der Waals surface area contributed by atoms with E-state index in [0.29, 0.717) is 0 Å². The minimum atomic E-state index is 1.22. The molecular weight excluding hydrogens is 148 g/mol. The van der Waals surface area contributed by atoms with Crippen LogP contribution >= 0.6 is 0 Å². The summed E-state index contributed by atoms with van der Waals surface area (Å²) in [6, 6.07) is 4.17. The molecule has 2 heteroatoms. The fraction of sp³-hybridized carbons (Fsp3) is 0.300. The molecule has 0 saturated carbocycles. The average molecular weight is 163 g/mol. The zero-order valence-electron chi connectivity index (χ0n) is 7.86. The van der Waals surface area contributed by atoms with Crippen molar-refractivity contribution >= 4 is 6.08 Å². The lowest BCUT2D eigenvalue weighted by molar-refractivity contribution is -0.671. The van der Waals surface area contributed by atoms with Gasteiger partial charge in [0.05, 0.1) is 0 Å². The molecule has 0 aliphatic carbocycles.